The monoisotopic (exact) mass is 478 g/mol. The van der Waals surface area contributed by atoms with E-state index in [1.807, 2.05) is 0 Å². The van der Waals surface area contributed by atoms with Gasteiger partial charge in [-0.25, -0.2) is 0 Å². The van der Waals surface area contributed by atoms with Gasteiger partial charge in [0.05, 0.1) is 16.5 Å². The molecule has 0 radical (unpaired) electrons. The van der Waals surface area contributed by atoms with E-state index in [1.54, 1.807) is 60.7 Å². The third-order valence-electron chi connectivity index (χ3n) is 4.97. The summed E-state index contributed by atoms with van der Waals surface area (Å²) in [7, 11) is 0. The lowest BCUT2D eigenvalue weighted by Gasteiger charge is -2.25. The molecule has 0 aliphatic carbocycles. The fraction of sp³-hybridized carbons (Fsp3) is 0.0435. The molecule has 0 spiro atoms. The molecule has 1 amide bonds. The number of carbonyl (C=O) groups excluding carboxylic acids is 2. The minimum atomic E-state index is -1.03. The van der Waals surface area contributed by atoms with Gasteiger partial charge in [-0.1, -0.05) is 64.5 Å². The molecule has 7 nitrogen and oxygen atoms in total. The fourth-order valence-corrected chi connectivity index (χ4v) is 3.99. The van der Waals surface area contributed by atoms with Crippen molar-refractivity contribution in [1.29, 1.82) is 0 Å². The lowest BCUT2D eigenvalue weighted by Crippen LogP contribution is -2.29. The number of halogens is 1. The highest BCUT2D eigenvalue weighted by atomic mass is 79.9. The Kier molecular flexibility index (Phi) is 5.39. The van der Waals surface area contributed by atoms with Crippen molar-refractivity contribution < 1.29 is 19.6 Å². The lowest BCUT2D eigenvalue weighted by atomic mass is 9.95. The first-order chi connectivity index (χ1) is 14.9. The summed E-state index contributed by atoms with van der Waals surface area (Å²) in [5.74, 6) is -2.03. The van der Waals surface area contributed by atoms with E-state index in [0.717, 1.165) is 0 Å². The molecule has 0 bridgehead atoms. The second-order valence-corrected chi connectivity index (χ2v) is 7.78. The van der Waals surface area contributed by atoms with Gasteiger partial charge in [-0.05, 0) is 23.8 Å². The molecule has 3 aromatic rings. The zero-order valence-electron chi connectivity index (χ0n) is 15.9. The van der Waals surface area contributed by atoms with Crippen molar-refractivity contribution in [3.05, 3.63) is 110 Å². The summed E-state index contributed by atoms with van der Waals surface area (Å²) in [5, 5.41) is 22.3. The van der Waals surface area contributed by atoms with E-state index < -0.39 is 22.7 Å². The Hall–Kier alpha value is -3.78. The molecular formula is C23H15BrN2O5. The SMILES string of the molecule is O=C1C(=O)N(c2cccc(Br)c2)C(c2cccc([N+](=O)[O-])c2)/C1=C(/O)c1ccccc1. The maximum absolute atomic E-state index is 13.0. The number of hydrogen-bond donors (Lipinski definition) is 1. The number of rotatable bonds is 4. The molecule has 1 saturated heterocycles. The molecule has 4 rings (SSSR count). The van der Waals surface area contributed by atoms with Crippen molar-refractivity contribution in [1.82, 2.24) is 0 Å². The maximum Gasteiger partial charge on any atom is 0.300 e. The van der Waals surface area contributed by atoms with Crippen LogP contribution in [0.2, 0.25) is 0 Å². The molecule has 3 aromatic carbocycles. The van der Waals surface area contributed by atoms with Crippen LogP contribution in [0, 0.1) is 10.1 Å². The van der Waals surface area contributed by atoms with Gasteiger partial charge in [0.25, 0.3) is 17.4 Å². The summed E-state index contributed by atoms with van der Waals surface area (Å²) in [6, 6.07) is 19.9. The molecule has 1 unspecified atom stereocenters. The van der Waals surface area contributed by atoms with E-state index in [1.165, 1.54) is 23.1 Å². The molecule has 1 atom stereocenters. The number of carbonyl (C=O) groups is 2. The number of aliphatic hydroxyl groups excluding tert-OH is 1. The number of hydrogen-bond acceptors (Lipinski definition) is 5. The van der Waals surface area contributed by atoms with Crippen molar-refractivity contribution in [2.45, 2.75) is 6.04 Å². The number of nitro groups is 1. The molecule has 1 aliphatic rings. The Morgan fingerprint density at radius 3 is 2.35 bits per heavy atom. The number of Topliss-reactive ketones (excluding diaryl/α,β-unsaturated/α-hetero) is 1. The van der Waals surface area contributed by atoms with Crippen LogP contribution in [0.3, 0.4) is 0 Å². The summed E-state index contributed by atoms with van der Waals surface area (Å²) in [6.45, 7) is 0. The Morgan fingerprint density at radius 2 is 1.68 bits per heavy atom. The zero-order valence-corrected chi connectivity index (χ0v) is 17.5. The van der Waals surface area contributed by atoms with Crippen LogP contribution in [0.4, 0.5) is 11.4 Å². The van der Waals surface area contributed by atoms with Crippen molar-refractivity contribution in [2.24, 2.45) is 0 Å². The Morgan fingerprint density at radius 1 is 0.968 bits per heavy atom. The lowest BCUT2D eigenvalue weighted by molar-refractivity contribution is -0.384. The van der Waals surface area contributed by atoms with Gasteiger partial charge in [0.2, 0.25) is 0 Å². The Balaban J connectivity index is 1.98. The normalized spacial score (nSPS) is 17.7. The van der Waals surface area contributed by atoms with Gasteiger partial charge in [0, 0.05) is 27.9 Å². The van der Waals surface area contributed by atoms with E-state index in [2.05, 4.69) is 15.9 Å². The van der Waals surface area contributed by atoms with E-state index in [-0.39, 0.29) is 17.0 Å². The van der Waals surface area contributed by atoms with Gasteiger partial charge >= 0.3 is 0 Å². The van der Waals surface area contributed by atoms with Gasteiger partial charge in [0.15, 0.2) is 0 Å². The van der Waals surface area contributed by atoms with Crippen LogP contribution in [0.25, 0.3) is 5.76 Å². The van der Waals surface area contributed by atoms with Crippen LogP contribution in [0.15, 0.2) is 88.9 Å². The molecule has 8 heteroatoms. The number of ketones is 1. The van der Waals surface area contributed by atoms with Crippen molar-refractivity contribution >= 4 is 44.8 Å². The molecule has 1 aliphatic heterocycles. The van der Waals surface area contributed by atoms with Crippen LogP contribution >= 0.6 is 15.9 Å². The molecular weight excluding hydrogens is 464 g/mol. The first-order valence-electron chi connectivity index (χ1n) is 9.25. The minimum absolute atomic E-state index is 0.128. The minimum Gasteiger partial charge on any atom is -0.507 e. The maximum atomic E-state index is 13.0. The Bertz CT molecular complexity index is 1240. The third kappa shape index (κ3) is 3.73. The summed E-state index contributed by atoms with van der Waals surface area (Å²) in [6.07, 6.45) is 0. The van der Waals surface area contributed by atoms with E-state index in [9.17, 15) is 24.8 Å². The highest BCUT2D eigenvalue weighted by Gasteiger charge is 2.47. The molecule has 31 heavy (non-hydrogen) atoms. The van der Waals surface area contributed by atoms with Crippen LogP contribution in [0.5, 0.6) is 0 Å². The average molecular weight is 479 g/mol. The van der Waals surface area contributed by atoms with Crippen molar-refractivity contribution in [3.8, 4) is 0 Å². The fourth-order valence-electron chi connectivity index (χ4n) is 3.60. The second-order valence-electron chi connectivity index (χ2n) is 6.87. The highest BCUT2D eigenvalue weighted by Crippen LogP contribution is 2.43. The molecule has 1 heterocycles. The summed E-state index contributed by atoms with van der Waals surface area (Å²) < 4.78 is 0.688. The number of aliphatic hydroxyl groups is 1. The standard InChI is InChI=1S/C23H15BrN2O5/c24-16-9-5-10-17(13-16)25-20(15-8-4-11-18(12-15)26(30)31)19(22(28)23(25)29)21(27)14-6-2-1-3-7-14/h1-13,20,27H/b21-19-. The average Bonchev–Trinajstić information content (AvgIpc) is 3.04. The summed E-state index contributed by atoms with van der Waals surface area (Å²) >= 11 is 3.36. The van der Waals surface area contributed by atoms with Crippen LogP contribution in [-0.4, -0.2) is 21.7 Å². The van der Waals surface area contributed by atoms with Crippen molar-refractivity contribution in [3.63, 3.8) is 0 Å². The molecule has 1 N–H and O–H groups in total. The quantitative estimate of drug-likeness (QED) is 0.187. The van der Waals surface area contributed by atoms with Gasteiger partial charge in [-0.2, -0.15) is 0 Å². The largest absolute Gasteiger partial charge is 0.507 e. The van der Waals surface area contributed by atoms with E-state index in [4.69, 9.17) is 0 Å². The van der Waals surface area contributed by atoms with Gasteiger partial charge < -0.3 is 5.11 Å². The molecule has 1 fully saturated rings. The number of nitro benzene ring substituents is 1. The first-order valence-corrected chi connectivity index (χ1v) is 10.0. The predicted octanol–water partition coefficient (Wildman–Crippen LogP) is 4.98. The molecule has 0 saturated carbocycles. The number of benzene rings is 3. The van der Waals surface area contributed by atoms with Gasteiger partial charge in [-0.15, -0.1) is 0 Å². The number of nitrogens with zero attached hydrogens (tertiary/aromatic N) is 2. The summed E-state index contributed by atoms with van der Waals surface area (Å²) in [5.41, 5.74) is 0.810. The Labute approximate surface area is 185 Å². The first kappa shape index (κ1) is 20.5. The second kappa shape index (κ2) is 8.16. The van der Waals surface area contributed by atoms with Crippen LogP contribution in [-0.2, 0) is 9.59 Å². The number of non-ortho nitro benzene ring substituents is 1. The van der Waals surface area contributed by atoms with Crippen LogP contribution < -0.4 is 4.90 Å². The highest BCUT2D eigenvalue weighted by molar-refractivity contribution is 9.10. The van der Waals surface area contributed by atoms with Gasteiger partial charge in [0.1, 0.15) is 5.76 Å². The topological polar surface area (TPSA) is 101 Å². The van der Waals surface area contributed by atoms with E-state index >= 15 is 0 Å². The third-order valence-corrected chi connectivity index (χ3v) is 5.47. The number of anilines is 1. The predicted molar refractivity (Wildman–Crippen MR) is 118 cm³/mol. The van der Waals surface area contributed by atoms with Crippen LogP contribution in [0.1, 0.15) is 17.2 Å². The smallest absolute Gasteiger partial charge is 0.300 e. The zero-order chi connectivity index (χ0) is 22.1. The molecule has 0 aromatic heterocycles. The molecule has 154 valence electrons. The summed E-state index contributed by atoms with van der Waals surface area (Å²) in [4.78, 5) is 38.1. The number of amides is 1. The van der Waals surface area contributed by atoms with Crippen molar-refractivity contribution in [2.75, 3.05) is 4.90 Å². The van der Waals surface area contributed by atoms with E-state index in [0.29, 0.717) is 21.3 Å². The van der Waals surface area contributed by atoms with Gasteiger partial charge in [-0.3, -0.25) is 24.6 Å².